The van der Waals surface area contributed by atoms with Crippen LogP contribution in [0.15, 0.2) is 0 Å². The van der Waals surface area contributed by atoms with Crippen LogP contribution in [0.3, 0.4) is 0 Å². The van der Waals surface area contributed by atoms with Crippen LogP contribution in [-0.2, 0) is 0 Å². The molecule has 0 aromatic carbocycles. The maximum absolute atomic E-state index is 2.12. The molecule has 0 saturated heterocycles. The SMILES string of the molecule is C[CH2][Ge].Cl.Cl.Cl. The van der Waals surface area contributed by atoms with Crippen LogP contribution in [0, 0.1) is 0 Å². The average Bonchev–Trinajstić information content (AvgIpc) is 0.918. The van der Waals surface area contributed by atoms with Crippen LogP contribution >= 0.6 is 37.2 Å². The Morgan fingerprint density at radius 1 is 1.17 bits per heavy atom. The average molecular weight is 211 g/mol. The van der Waals surface area contributed by atoms with Crippen molar-refractivity contribution < 1.29 is 0 Å². The first-order chi connectivity index (χ1) is 1.41. The summed E-state index contributed by atoms with van der Waals surface area (Å²) in [5.41, 5.74) is 0. The molecule has 0 nitrogen and oxygen atoms in total. The zero-order valence-corrected chi connectivity index (χ0v) is 7.98. The number of rotatable bonds is 0. The van der Waals surface area contributed by atoms with E-state index in [0.717, 1.165) is 0 Å². The van der Waals surface area contributed by atoms with Gasteiger partial charge < -0.3 is 0 Å². The fourth-order valence-electron chi connectivity index (χ4n) is 0. The molecule has 0 atom stereocenters. The second-order valence-corrected chi connectivity index (χ2v) is 1.84. The fourth-order valence-corrected chi connectivity index (χ4v) is 0. The third-order valence-electron chi connectivity index (χ3n) is 0. The van der Waals surface area contributed by atoms with Gasteiger partial charge in [0.1, 0.15) is 0 Å². The van der Waals surface area contributed by atoms with Crippen molar-refractivity contribution >= 4 is 53.7 Å². The maximum atomic E-state index is 2.12. The van der Waals surface area contributed by atoms with Crippen LogP contribution in [0.5, 0.6) is 0 Å². The summed E-state index contributed by atoms with van der Waals surface area (Å²) in [6.45, 7) is 2.12. The fraction of sp³-hybridized carbons (Fsp3) is 1.00. The summed E-state index contributed by atoms with van der Waals surface area (Å²) in [7, 11) is 0. The van der Waals surface area contributed by atoms with Gasteiger partial charge in [-0.05, 0) is 0 Å². The molecule has 0 aliphatic heterocycles. The van der Waals surface area contributed by atoms with Crippen molar-refractivity contribution in [3.05, 3.63) is 0 Å². The molecule has 0 aromatic heterocycles. The summed E-state index contributed by atoms with van der Waals surface area (Å²) in [5, 5.41) is 1.25. The van der Waals surface area contributed by atoms with Crippen LogP contribution in [0.1, 0.15) is 6.92 Å². The van der Waals surface area contributed by atoms with Gasteiger partial charge in [-0.1, -0.05) is 0 Å². The Morgan fingerprint density at radius 2 is 1.17 bits per heavy atom. The summed E-state index contributed by atoms with van der Waals surface area (Å²) in [5.74, 6) is 0. The van der Waals surface area contributed by atoms with Crippen LogP contribution < -0.4 is 0 Å². The molecule has 0 fully saturated rings. The third-order valence-corrected chi connectivity index (χ3v) is 0. The van der Waals surface area contributed by atoms with E-state index in [2.05, 4.69) is 23.4 Å². The van der Waals surface area contributed by atoms with Crippen molar-refractivity contribution in [2.75, 3.05) is 0 Å². The monoisotopic (exact) mass is 211 g/mol. The molecular formula is C2H8Cl3Ge. The largest absolute Gasteiger partial charge is 0.147 e. The van der Waals surface area contributed by atoms with E-state index in [4.69, 9.17) is 0 Å². The molecule has 0 heterocycles. The van der Waals surface area contributed by atoms with E-state index in [9.17, 15) is 0 Å². The Balaban J connectivity index is -0.00000000667. The maximum Gasteiger partial charge on any atom is -0.147 e. The van der Waals surface area contributed by atoms with Gasteiger partial charge in [0.05, 0.1) is 0 Å². The predicted octanol–water partition coefficient (Wildman–Crippen LogP) is 1.86. The molecule has 4 heteroatoms. The third kappa shape index (κ3) is 52.8. The van der Waals surface area contributed by atoms with Crippen LogP contribution in [0.2, 0.25) is 5.25 Å². The minimum atomic E-state index is 0. The standard InChI is InChI=1S/C2H5Ge.3ClH/c1-2-3;;;/h2H2,1H3;3*1H. The number of halogens is 3. The molecule has 0 rings (SSSR count). The molecule has 0 amide bonds. The second-order valence-electron chi connectivity index (χ2n) is 0.354. The Hall–Kier alpha value is 1.41. The molecule has 41 valence electrons. The molecule has 0 aliphatic carbocycles. The van der Waals surface area contributed by atoms with Gasteiger partial charge in [0.15, 0.2) is 0 Å². The van der Waals surface area contributed by atoms with E-state index in [1.807, 2.05) is 0 Å². The molecule has 0 saturated carbocycles. The second kappa shape index (κ2) is 32.3. The van der Waals surface area contributed by atoms with Gasteiger partial charge in [0.2, 0.25) is 0 Å². The first-order valence-corrected chi connectivity index (χ1v) is 2.54. The van der Waals surface area contributed by atoms with Crippen molar-refractivity contribution in [1.82, 2.24) is 0 Å². The predicted molar refractivity (Wildman–Crippen MR) is 38.0 cm³/mol. The topological polar surface area (TPSA) is 0 Å². The summed E-state index contributed by atoms with van der Waals surface area (Å²) >= 11 is 2.12. The van der Waals surface area contributed by atoms with Crippen molar-refractivity contribution in [1.29, 1.82) is 0 Å². The van der Waals surface area contributed by atoms with Gasteiger partial charge in [-0.25, -0.2) is 0 Å². The minimum absolute atomic E-state index is 0. The normalized spacial score (nSPS) is 3.00. The van der Waals surface area contributed by atoms with Crippen LogP contribution in [0.25, 0.3) is 0 Å². The van der Waals surface area contributed by atoms with E-state index < -0.39 is 0 Å². The van der Waals surface area contributed by atoms with Gasteiger partial charge >= 0.3 is 28.7 Å². The minimum Gasteiger partial charge on any atom is -0.147 e. The van der Waals surface area contributed by atoms with Crippen molar-refractivity contribution in [3.63, 3.8) is 0 Å². The summed E-state index contributed by atoms with van der Waals surface area (Å²) in [4.78, 5) is 0. The van der Waals surface area contributed by atoms with Gasteiger partial charge in [0.25, 0.3) is 0 Å². The molecule has 0 aromatic rings. The van der Waals surface area contributed by atoms with Crippen LogP contribution in [0.4, 0.5) is 0 Å². The number of hydrogen-bond donors (Lipinski definition) is 0. The van der Waals surface area contributed by atoms with Crippen molar-refractivity contribution in [2.45, 2.75) is 12.2 Å². The van der Waals surface area contributed by atoms with Crippen molar-refractivity contribution in [2.24, 2.45) is 0 Å². The van der Waals surface area contributed by atoms with E-state index in [-0.39, 0.29) is 37.2 Å². The van der Waals surface area contributed by atoms with E-state index in [1.54, 1.807) is 0 Å². The van der Waals surface area contributed by atoms with Gasteiger partial charge in [-0.2, -0.15) is 0 Å². The quantitative estimate of drug-likeness (QED) is 0.536. The molecule has 0 aliphatic rings. The van der Waals surface area contributed by atoms with Crippen LogP contribution in [-0.4, -0.2) is 16.5 Å². The smallest absolute Gasteiger partial charge is 0.147 e. The molecule has 0 unspecified atom stereocenters. The molecular weight excluding hydrogens is 203 g/mol. The summed E-state index contributed by atoms with van der Waals surface area (Å²) in [6.07, 6.45) is 0. The molecule has 0 spiro atoms. The van der Waals surface area contributed by atoms with Gasteiger partial charge in [-0.3, -0.25) is 0 Å². The van der Waals surface area contributed by atoms with E-state index in [0.29, 0.717) is 0 Å². The van der Waals surface area contributed by atoms with E-state index in [1.165, 1.54) is 5.25 Å². The summed E-state index contributed by atoms with van der Waals surface area (Å²) in [6, 6.07) is 0. The molecule has 6 heavy (non-hydrogen) atoms. The molecule has 0 bridgehead atoms. The molecule has 3 radical (unpaired) electrons. The Morgan fingerprint density at radius 3 is 1.17 bits per heavy atom. The Bertz CT molecular complexity index is 8.75. The van der Waals surface area contributed by atoms with E-state index >= 15 is 0 Å². The first kappa shape index (κ1) is 26.2. The Labute approximate surface area is 65.9 Å². The first-order valence-electron chi connectivity index (χ1n) is 1.06. The van der Waals surface area contributed by atoms with Crippen molar-refractivity contribution in [3.8, 4) is 0 Å². The molecule has 0 N–H and O–H groups in total. The Kier molecular flexibility index (Phi) is 141. The zero-order chi connectivity index (χ0) is 2.71. The number of hydrogen-bond acceptors (Lipinski definition) is 0. The summed E-state index contributed by atoms with van der Waals surface area (Å²) < 4.78 is 0. The van der Waals surface area contributed by atoms with Gasteiger partial charge in [0, 0.05) is 0 Å². The zero-order valence-electron chi connectivity index (χ0n) is 3.43. The van der Waals surface area contributed by atoms with Gasteiger partial charge in [-0.15, -0.1) is 37.2 Å².